The molecule has 2 aromatic heterocycles. The van der Waals surface area contributed by atoms with Gasteiger partial charge in [0.1, 0.15) is 17.3 Å². The summed E-state index contributed by atoms with van der Waals surface area (Å²) in [4.78, 5) is 39.7. The van der Waals surface area contributed by atoms with Crippen molar-refractivity contribution in [2.24, 2.45) is 5.92 Å². The van der Waals surface area contributed by atoms with E-state index >= 15 is 0 Å². The zero-order valence-corrected chi connectivity index (χ0v) is 14.3. The Hall–Kier alpha value is -3.43. The minimum atomic E-state index is -0.566. The van der Waals surface area contributed by atoms with Crippen molar-refractivity contribution in [1.29, 1.82) is 0 Å². The monoisotopic (exact) mass is 367 g/mol. The first-order chi connectivity index (χ1) is 13.1. The molecule has 3 fully saturated rings. The lowest BCUT2D eigenvalue weighted by molar-refractivity contribution is -0.117. The van der Waals surface area contributed by atoms with Gasteiger partial charge in [-0.15, -0.1) is 0 Å². The molecule has 0 unspecified atom stereocenters. The molecule has 0 spiro atoms. The van der Waals surface area contributed by atoms with E-state index in [-0.39, 0.29) is 17.5 Å². The van der Waals surface area contributed by atoms with Crippen LogP contribution in [0.3, 0.4) is 0 Å². The minimum Gasteiger partial charge on any atom is -0.367 e. The second-order valence-electron chi connectivity index (χ2n) is 7.01. The summed E-state index contributed by atoms with van der Waals surface area (Å²) in [6.45, 7) is 0. The highest BCUT2D eigenvalue weighted by molar-refractivity contribution is 6.14. The van der Waals surface area contributed by atoms with Crippen LogP contribution in [-0.4, -0.2) is 38.5 Å². The lowest BCUT2D eigenvalue weighted by Crippen LogP contribution is -2.22. The second-order valence-corrected chi connectivity index (χ2v) is 7.01. The maximum absolute atomic E-state index is 12.1. The normalized spacial score (nSPS) is 20.7. The molecule has 138 valence electrons. The number of urea groups is 1. The fraction of sp³-hybridized carbons (Fsp3) is 0.353. The molecular formula is C17H17N7O3. The average molecular weight is 367 g/mol. The van der Waals surface area contributed by atoms with Crippen molar-refractivity contribution in [1.82, 2.24) is 25.2 Å². The Morgan fingerprint density at radius 1 is 1.22 bits per heavy atom. The fourth-order valence-corrected chi connectivity index (χ4v) is 2.90. The van der Waals surface area contributed by atoms with Crippen LogP contribution in [0.1, 0.15) is 31.2 Å². The Bertz CT molecular complexity index is 1020. The van der Waals surface area contributed by atoms with Gasteiger partial charge in [0.05, 0.1) is 6.20 Å². The number of nitrogens with one attached hydrogen (secondary N) is 4. The van der Waals surface area contributed by atoms with Gasteiger partial charge in [-0.2, -0.15) is 9.61 Å². The summed E-state index contributed by atoms with van der Waals surface area (Å²) >= 11 is 0. The van der Waals surface area contributed by atoms with Crippen molar-refractivity contribution < 1.29 is 14.4 Å². The van der Waals surface area contributed by atoms with E-state index in [0.717, 1.165) is 31.5 Å². The first kappa shape index (κ1) is 15.8. The third-order valence-corrected chi connectivity index (χ3v) is 4.65. The van der Waals surface area contributed by atoms with Gasteiger partial charge in [0.15, 0.2) is 5.65 Å². The summed E-state index contributed by atoms with van der Waals surface area (Å²) in [7, 11) is 0. The molecule has 4 amide bonds. The van der Waals surface area contributed by atoms with Crippen molar-refractivity contribution in [2.45, 2.75) is 31.7 Å². The van der Waals surface area contributed by atoms with Crippen LogP contribution in [0, 0.1) is 5.92 Å². The minimum absolute atomic E-state index is 0.0360. The molecule has 10 heteroatoms. The van der Waals surface area contributed by atoms with Gasteiger partial charge in [-0.05, 0) is 31.8 Å². The van der Waals surface area contributed by atoms with Crippen molar-refractivity contribution in [2.75, 3.05) is 10.6 Å². The maximum atomic E-state index is 12.1. The lowest BCUT2D eigenvalue weighted by Gasteiger charge is -2.10. The Kier molecular flexibility index (Phi) is 3.39. The molecule has 0 bridgehead atoms. The SMILES string of the molecule is O=C1NC(=O)/C(=C/c2cnn3c(NC4CC4)cc(NC(=O)C4CC4)nc23)N1. The third-order valence-electron chi connectivity index (χ3n) is 4.65. The van der Waals surface area contributed by atoms with Gasteiger partial charge in [-0.25, -0.2) is 9.78 Å². The van der Waals surface area contributed by atoms with Crippen LogP contribution >= 0.6 is 0 Å². The van der Waals surface area contributed by atoms with E-state index in [0.29, 0.717) is 23.1 Å². The van der Waals surface area contributed by atoms with Gasteiger partial charge in [-0.3, -0.25) is 14.9 Å². The largest absolute Gasteiger partial charge is 0.367 e. The van der Waals surface area contributed by atoms with Crippen LogP contribution in [-0.2, 0) is 9.59 Å². The van der Waals surface area contributed by atoms with Crippen LogP contribution in [0.25, 0.3) is 11.7 Å². The van der Waals surface area contributed by atoms with Crippen LogP contribution in [0.5, 0.6) is 0 Å². The molecule has 0 radical (unpaired) electrons. The maximum Gasteiger partial charge on any atom is 0.326 e. The van der Waals surface area contributed by atoms with Crippen LogP contribution in [0.15, 0.2) is 18.0 Å². The van der Waals surface area contributed by atoms with Crippen molar-refractivity contribution in [3.8, 4) is 0 Å². The molecule has 27 heavy (non-hydrogen) atoms. The summed E-state index contributed by atoms with van der Waals surface area (Å²) in [5.41, 5.74) is 1.16. The number of hydrogen-bond acceptors (Lipinski definition) is 6. The molecule has 5 rings (SSSR count). The summed E-state index contributed by atoms with van der Waals surface area (Å²) in [6.07, 6.45) is 7.05. The van der Waals surface area contributed by atoms with Gasteiger partial charge < -0.3 is 16.0 Å². The summed E-state index contributed by atoms with van der Waals surface area (Å²) < 4.78 is 1.63. The van der Waals surface area contributed by atoms with E-state index in [1.54, 1.807) is 16.8 Å². The number of hydrogen-bond donors (Lipinski definition) is 4. The number of amides is 4. The number of nitrogens with zero attached hydrogens (tertiary/aromatic N) is 3. The Morgan fingerprint density at radius 3 is 2.70 bits per heavy atom. The molecule has 2 aliphatic carbocycles. The van der Waals surface area contributed by atoms with E-state index in [4.69, 9.17) is 0 Å². The predicted octanol–water partition coefficient (Wildman–Crippen LogP) is 0.832. The summed E-state index contributed by atoms with van der Waals surface area (Å²) in [5.74, 6) is 0.674. The molecule has 4 N–H and O–H groups in total. The molecular weight excluding hydrogens is 350 g/mol. The smallest absolute Gasteiger partial charge is 0.326 e. The highest BCUT2D eigenvalue weighted by Crippen LogP contribution is 2.31. The Labute approximate surface area is 153 Å². The van der Waals surface area contributed by atoms with Crippen LogP contribution in [0.4, 0.5) is 16.4 Å². The average Bonchev–Trinajstić information content (AvgIpc) is 3.53. The van der Waals surface area contributed by atoms with E-state index in [1.165, 1.54) is 6.08 Å². The number of carbonyl (C=O) groups is 3. The first-order valence-corrected chi connectivity index (χ1v) is 8.87. The number of anilines is 2. The Morgan fingerprint density at radius 2 is 2.04 bits per heavy atom. The molecule has 10 nitrogen and oxygen atoms in total. The molecule has 0 atom stereocenters. The molecule has 3 heterocycles. The van der Waals surface area contributed by atoms with E-state index < -0.39 is 11.9 Å². The second kappa shape index (κ2) is 5.79. The highest BCUT2D eigenvalue weighted by Gasteiger charge is 2.30. The summed E-state index contributed by atoms with van der Waals surface area (Å²) in [5, 5.41) is 15.2. The molecule has 3 aliphatic rings. The van der Waals surface area contributed by atoms with Gasteiger partial charge in [0, 0.05) is 23.6 Å². The molecule has 2 saturated carbocycles. The number of aromatic nitrogens is 3. The van der Waals surface area contributed by atoms with Gasteiger partial charge >= 0.3 is 6.03 Å². The lowest BCUT2D eigenvalue weighted by atomic mass is 10.2. The number of rotatable bonds is 5. The highest BCUT2D eigenvalue weighted by atomic mass is 16.2. The quantitative estimate of drug-likeness (QED) is 0.458. The topological polar surface area (TPSA) is 130 Å². The third kappa shape index (κ3) is 3.09. The summed E-state index contributed by atoms with van der Waals surface area (Å²) in [6, 6.07) is 1.58. The molecule has 2 aromatic rings. The van der Waals surface area contributed by atoms with Crippen molar-refractivity contribution >= 4 is 41.2 Å². The number of imide groups is 1. The van der Waals surface area contributed by atoms with Crippen LogP contribution in [0.2, 0.25) is 0 Å². The molecule has 1 saturated heterocycles. The molecule has 1 aliphatic heterocycles. The first-order valence-electron chi connectivity index (χ1n) is 8.87. The van der Waals surface area contributed by atoms with Crippen molar-refractivity contribution in [3.63, 3.8) is 0 Å². The standard InChI is InChI=1S/C17H17N7O3/c25-15(8-1-2-8)22-12-6-13(19-10-3-4-10)24-14(21-12)9(7-18-24)5-11-16(26)23-17(27)20-11/h5-8,10,19H,1-4H2,(H,21,22,25)(H2,20,23,26,27)/b11-5-. The van der Waals surface area contributed by atoms with Gasteiger partial charge in [0.2, 0.25) is 5.91 Å². The van der Waals surface area contributed by atoms with E-state index in [2.05, 4.69) is 31.3 Å². The van der Waals surface area contributed by atoms with Crippen molar-refractivity contribution in [3.05, 3.63) is 23.5 Å². The number of carbonyl (C=O) groups excluding carboxylic acids is 3. The van der Waals surface area contributed by atoms with Crippen LogP contribution < -0.4 is 21.3 Å². The van der Waals surface area contributed by atoms with Gasteiger partial charge in [0.25, 0.3) is 5.91 Å². The fourth-order valence-electron chi connectivity index (χ4n) is 2.90. The van der Waals surface area contributed by atoms with E-state index in [9.17, 15) is 14.4 Å². The zero-order valence-electron chi connectivity index (χ0n) is 14.3. The molecule has 0 aromatic carbocycles. The van der Waals surface area contributed by atoms with Gasteiger partial charge in [-0.1, -0.05) is 0 Å². The zero-order chi connectivity index (χ0) is 18.5. The predicted molar refractivity (Wildman–Crippen MR) is 95.6 cm³/mol. The van der Waals surface area contributed by atoms with E-state index in [1.807, 2.05) is 0 Å². The Balaban J connectivity index is 1.55. The number of fused-ring (bicyclic) bond motifs is 1.